The van der Waals surface area contributed by atoms with Crippen LogP contribution in [0, 0.1) is 4.77 Å². The highest BCUT2D eigenvalue weighted by Crippen LogP contribution is 2.20. The average Bonchev–Trinajstić information content (AvgIpc) is 3.12. The van der Waals surface area contributed by atoms with E-state index in [-0.39, 0.29) is 5.56 Å². The van der Waals surface area contributed by atoms with E-state index in [0.717, 1.165) is 24.3 Å². The van der Waals surface area contributed by atoms with E-state index in [2.05, 4.69) is 9.88 Å². The second-order valence-corrected chi connectivity index (χ2v) is 6.12. The summed E-state index contributed by atoms with van der Waals surface area (Å²) in [4.78, 5) is 18.3. The molecule has 0 atom stereocenters. The lowest BCUT2D eigenvalue weighted by Gasteiger charge is -2.29. The van der Waals surface area contributed by atoms with Gasteiger partial charge in [0.1, 0.15) is 5.76 Å². The molecule has 0 unspecified atom stereocenters. The molecule has 1 aliphatic rings. The van der Waals surface area contributed by atoms with Crippen LogP contribution in [-0.2, 0) is 11.3 Å². The first kappa shape index (κ1) is 15.2. The molecule has 1 fully saturated rings. The Morgan fingerprint density at radius 1 is 1.21 bits per heavy atom. The van der Waals surface area contributed by atoms with E-state index in [9.17, 15) is 4.79 Å². The zero-order valence-electron chi connectivity index (χ0n) is 13.0. The van der Waals surface area contributed by atoms with Gasteiger partial charge < -0.3 is 19.0 Å². The topological polar surface area (TPSA) is 63.4 Å². The SMILES string of the molecule is O=c1c2cc(N3CCOCC3)ccc2[nH]c(=S)n1Cc1ccco1. The van der Waals surface area contributed by atoms with Gasteiger partial charge in [0.2, 0.25) is 0 Å². The Labute approximate surface area is 143 Å². The van der Waals surface area contributed by atoms with Crippen molar-refractivity contribution >= 4 is 28.8 Å². The Hall–Kier alpha value is -2.38. The first-order chi connectivity index (χ1) is 11.7. The standard InChI is InChI=1S/C17H17N3O3S/c21-16-14-10-12(19-5-8-22-9-6-19)3-4-15(14)18-17(24)20(16)11-13-2-1-7-23-13/h1-4,7,10H,5-6,8-9,11H2,(H,18,24). The fraction of sp³-hybridized carbons (Fsp3) is 0.294. The van der Waals surface area contributed by atoms with Crippen molar-refractivity contribution in [2.24, 2.45) is 0 Å². The highest BCUT2D eigenvalue weighted by molar-refractivity contribution is 7.71. The maximum Gasteiger partial charge on any atom is 0.262 e. The normalized spacial score (nSPS) is 15.1. The Morgan fingerprint density at radius 2 is 2.04 bits per heavy atom. The summed E-state index contributed by atoms with van der Waals surface area (Å²) in [7, 11) is 0. The van der Waals surface area contributed by atoms with Gasteiger partial charge in [0.15, 0.2) is 4.77 Å². The molecule has 1 aliphatic heterocycles. The van der Waals surface area contributed by atoms with Crippen LogP contribution >= 0.6 is 12.2 Å². The first-order valence-corrected chi connectivity index (χ1v) is 8.25. The number of fused-ring (bicyclic) bond motifs is 1. The summed E-state index contributed by atoms with van der Waals surface area (Å²) >= 11 is 5.34. The Bertz CT molecular complexity index is 969. The van der Waals surface area contributed by atoms with Crippen molar-refractivity contribution in [2.45, 2.75) is 6.54 Å². The second-order valence-electron chi connectivity index (χ2n) is 5.73. The maximum absolute atomic E-state index is 12.9. The molecule has 1 saturated heterocycles. The molecule has 3 heterocycles. The number of aromatic amines is 1. The van der Waals surface area contributed by atoms with Gasteiger partial charge in [-0.1, -0.05) is 0 Å². The number of H-pyrrole nitrogens is 1. The van der Waals surface area contributed by atoms with Gasteiger partial charge in [0.05, 0.1) is 36.9 Å². The number of aromatic nitrogens is 2. The number of benzene rings is 1. The van der Waals surface area contributed by atoms with Crippen LogP contribution in [0.25, 0.3) is 10.9 Å². The summed E-state index contributed by atoms with van der Waals surface area (Å²) in [5.41, 5.74) is 1.66. The van der Waals surface area contributed by atoms with Gasteiger partial charge in [-0.25, -0.2) is 0 Å². The van der Waals surface area contributed by atoms with E-state index in [1.165, 1.54) is 4.57 Å². The Kier molecular flexibility index (Phi) is 3.95. The van der Waals surface area contributed by atoms with Crippen molar-refractivity contribution in [3.8, 4) is 0 Å². The fourth-order valence-corrected chi connectivity index (χ4v) is 3.22. The number of nitrogens with zero attached hydrogens (tertiary/aromatic N) is 2. The molecule has 0 aliphatic carbocycles. The van der Waals surface area contributed by atoms with E-state index in [4.69, 9.17) is 21.4 Å². The minimum atomic E-state index is -0.111. The Balaban J connectivity index is 1.80. The van der Waals surface area contributed by atoms with Crippen LogP contribution in [0.3, 0.4) is 0 Å². The minimum Gasteiger partial charge on any atom is -0.467 e. The monoisotopic (exact) mass is 343 g/mol. The smallest absolute Gasteiger partial charge is 0.262 e. The summed E-state index contributed by atoms with van der Waals surface area (Å²) in [6, 6.07) is 9.47. The highest BCUT2D eigenvalue weighted by atomic mass is 32.1. The van der Waals surface area contributed by atoms with Crippen LogP contribution in [-0.4, -0.2) is 35.9 Å². The van der Waals surface area contributed by atoms with E-state index in [0.29, 0.717) is 35.7 Å². The third kappa shape index (κ3) is 2.76. The van der Waals surface area contributed by atoms with Gasteiger partial charge >= 0.3 is 0 Å². The van der Waals surface area contributed by atoms with Crippen molar-refractivity contribution in [3.63, 3.8) is 0 Å². The van der Waals surface area contributed by atoms with Gasteiger partial charge in [0.25, 0.3) is 5.56 Å². The summed E-state index contributed by atoms with van der Waals surface area (Å²) < 4.78 is 12.6. The second kappa shape index (κ2) is 6.26. The number of hydrogen-bond donors (Lipinski definition) is 1. The molecule has 0 spiro atoms. The van der Waals surface area contributed by atoms with E-state index in [1.807, 2.05) is 24.3 Å². The molecule has 0 amide bonds. The number of morpholine rings is 1. The van der Waals surface area contributed by atoms with Crippen molar-refractivity contribution < 1.29 is 9.15 Å². The molecule has 24 heavy (non-hydrogen) atoms. The van der Waals surface area contributed by atoms with Gasteiger partial charge in [-0.15, -0.1) is 0 Å². The molecule has 7 heteroatoms. The van der Waals surface area contributed by atoms with Crippen LogP contribution in [0.2, 0.25) is 0 Å². The maximum atomic E-state index is 12.9. The lowest BCUT2D eigenvalue weighted by Crippen LogP contribution is -2.36. The van der Waals surface area contributed by atoms with Crippen molar-refractivity contribution in [1.82, 2.24) is 9.55 Å². The number of ether oxygens (including phenoxy) is 1. The quantitative estimate of drug-likeness (QED) is 0.741. The number of hydrogen-bond acceptors (Lipinski definition) is 5. The summed E-state index contributed by atoms with van der Waals surface area (Å²) in [5, 5.41) is 0.624. The minimum absolute atomic E-state index is 0.111. The van der Waals surface area contributed by atoms with Crippen LogP contribution in [0.5, 0.6) is 0 Å². The van der Waals surface area contributed by atoms with Crippen molar-refractivity contribution in [2.75, 3.05) is 31.2 Å². The molecular weight excluding hydrogens is 326 g/mol. The largest absolute Gasteiger partial charge is 0.467 e. The number of rotatable bonds is 3. The van der Waals surface area contributed by atoms with E-state index >= 15 is 0 Å². The zero-order chi connectivity index (χ0) is 16.5. The summed E-state index contributed by atoms with van der Waals surface area (Å²) in [6.07, 6.45) is 1.59. The fourth-order valence-electron chi connectivity index (χ4n) is 2.96. The zero-order valence-corrected chi connectivity index (χ0v) is 13.8. The van der Waals surface area contributed by atoms with E-state index < -0.39 is 0 Å². The average molecular weight is 343 g/mol. The molecule has 0 radical (unpaired) electrons. The summed E-state index contributed by atoms with van der Waals surface area (Å²) in [6.45, 7) is 3.39. The molecule has 1 aromatic carbocycles. The predicted octanol–water partition coefficient (Wildman–Crippen LogP) is 2.54. The third-order valence-electron chi connectivity index (χ3n) is 4.24. The molecule has 124 valence electrons. The molecule has 0 saturated carbocycles. The number of nitrogens with one attached hydrogen (secondary N) is 1. The molecule has 1 N–H and O–H groups in total. The van der Waals surface area contributed by atoms with Crippen LogP contribution in [0.1, 0.15) is 5.76 Å². The first-order valence-electron chi connectivity index (χ1n) is 7.84. The van der Waals surface area contributed by atoms with Crippen LogP contribution in [0.4, 0.5) is 5.69 Å². The van der Waals surface area contributed by atoms with Gasteiger partial charge in [-0.3, -0.25) is 9.36 Å². The molecule has 3 aromatic rings. The molecular formula is C17H17N3O3S. The molecule has 0 bridgehead atoms. The number of anilines is 1. The highest BCUT2D eigenvalue weighted by Gasteiger charge is 2.14. The van der Waals surface area contributed by atoms with Gasteiger partial charge in [-0.05, 0) is 42.5 Å². The van der Waals surface area contributed by atoms with Crippen molar-refractivity contribution in [1.29, 1.82) is 0 Å². The summed E-state index contributed by atoms with van der Waals surface area (Å²) in [5.74, 6) is 0.695. The molecule has 2 aromatic heterocycles. The predicted molar refractivity (Wildman–Crippen MR) is 94.2 cm³/mol. The Morgan fingerprint density at radius 3 is 2.79 bits per heavy atom. The van der Waals surface area contributed by atoms with Gasteiger partial charge in [0, 0.05) is 18.8 Å². The van der Waals surface area contributed by atoms with E-state index in [1.54, 1.807) is 12.3 Å². The van der Waals surface area contributed by atoms with Gasteiger partial charge in [-0.2, -0.15) is 0 Å². The molecule has 6 nitrogen and oxygen atoms in total. The number of furan rings is 1. The molecule has 4 rings (SSSR count). The lowest BCUT2D eigenvalue weighted by molar-refractivity contribution is 0.122. The van der Waals surface area contributed by atoms with Crippen molar-refractivity contribution in [3.05, 3.63) is 57.5 Å². The lowest BCUT2D eigenvalue weighted by atomic mass is 10.2. The van der Waals surface area contributed by atoms with Crippen LogP contribution < -0.4 is 10.5 Å². The van der Waals surface area contributed by atoms with Crippen LogP contribution in [0.15, 0.2) is 45.8 Å². The third-order valence-corrected chi connectivity index (χ3v) is 4.56.